The highest BCUT2D eigenvalue weighted by molar-refractivity contribution is 9.10. The third-order valence-corrected chi connectivity index (χ3v) is 2.75. The molecule has 2 aromatic rings. The third-order valence-electron chi connectivity index (χ3n) is 2.20. The molecule has 9 heteroatoms. The standard InChI is InChI=1S/C11H7BrFN3O4/c1-19-10-7(12)5-14-11(15-10)20-9-3-2-6(13)4-8(9)16(17)18/h2-5H,1H3. The summed E-state index contributed by atoms with van der Waals surface area (Å²) in [4.78, 5) is 17.8. The number of ether oxygens (including phenoxy) is 2. The van der Waals surface area contributed by atoms with Crippen molar-refractivity contribution in [1.82, 2.24) is 9.97 Å². The van der Waals surface area contributed by atoms with Crippen LogP contribution in [-0.2, 0) is 0 Å². The lowest BCUT2D eigenvalue weighted by Gasteiger charge is -2.06. The van der Waals surface area contributed by atoms with E-state index in [1.807, 2.05) is 0 Å². The summed E-state index contributed by atoms with van der Waals surface area (Å²) >= 11 is 3.16. The molecule has 0 radical (unpaired) electrons. The van der Waals surface area contributed by atoms with Crippen LogP contribution in [0.5, 0.6) is 17.6 Å². The van der Waals surface area contributed by atoms with Gasteiger partial charge in [-0.15, -0.1) is 0 Å². The Morgan fingerprint density at radius 1 is 1.45 bits per heavy atom. The summed E-state index contributed by atoms with van der Waals surface area (Å²) in [5.74, 6) is -0.695. The van der Waals surface area contributed by atoms with Gasteiger partial charge in [0.15, 0.2) is 0 Å². The van der Waals surface area contributed by atoms with Gasteiger partial charge in [0.1, 0.15) is 5.82 Å². The highest BCUT2D eigenvalue weighted by atomic mass is 79.9. The quantitative estimate of drug-likeness (QED) is 0.626. The number of hydrogen-bond donors (Lipinski definition) is 0. The first-order valence-corrected chi connectivity index (χ1v) is 5.99. The summed E-state index contributed by atoms with van der Waals surface area (Å²) in [6.45, 7) is 0. The van der Waals surface area contributed by atoms with Crippen LogP contribution in [0.3, 0.4) is 0 Å². The van der Waals surface area contributed by atoms with E-state index in [9.17, 15) is 14.5 Å². The number of rotatable bonds is 4. The lowest BCUT2D eigenvalue weighted by molar-refractivity contribution is -0.385. The first-order valence-electron chi connectivity index (χ1n) is 5.19. The number of benzene rings is 1. The molecular formula is C11H7BrFN3O4. The molecule has 0 fully saturated rings. The molecule has 7 nitrogen and oxygen atoms in total. The maximum absolute atomic E-state index is 13.0. The van der Waals surface area contributed by atoms with Crippen molar-refractivity contribution < 1.29 is 18.8 Å². The van der Waals surface area contributed by atoms with E-state index in [1.54, 1.807) is 0 Å². The van der Waals surface area contributed by atoms with E-state index in [0.29, 0.717) is 4.47 Å². The normalized spacial score (nSPS) is 10.2. The van der Waals surface area contributed by atoms with Gasteiger partial charge in [0.2, 0.25) is 11.6 Å². The maximum Gasteiger partial charge on any atom is 0.325 e. The molecule has 0 saturated heterocycles. The smallest absolute Gasteiger partial charge is 0.325 e. The zero-order chi connectivity index (χ0) is 14.7. The monoisotopic (exact) mass is 343 g/mol. The average molecular weight is 344 g/mol. The molecule has 0 unspecified atom stereocenters. The van der Waals surface area contributed by atoms with Crippen molar-refractivity contribution in [2.75, 3.05) is 7.11 Å². The number of nitrogens with zero attached hydrogens (tertiary/aromatic N) is 3. The molecule has 1 heterocycles. The summed E-state index contributed by atoms with van der Waals surface area (Å²) in [5, 5.41) is 10.8. The molecule has 20 heavy (non-hydrogen) atoms. The average Bonchev–Trinajstić information content (AvgIpc) is 2.42. The molecule has 0 N–H and O–H groups in total. The van der Waals surface area contributed by atoms with Crippen LogP contribution in [0.25, 0.3) is 0 Å². The summed E-state index contributed by atoms with van der Waals surface area (Å²) in [6.07, 6.45) is 1.37. The fourth-order valence-corrected chi connectivity index (χ4v) is 1.70. The first kappa shape index (κ1) is 14.1. The van der Waals surface area contributed by atoms with E-state index < -0.39 is 16.4 Å². The molecular weight excluding hydrogens is 337 g/mol. The molecule has 0 aliphatic carbocycles. The minimum atomic E-state index is -0.755. The molecule has 0 bridgehead atoms. The van der Waals surface area contributed by atoms with Crippen molar-refractivity contribution in [3.63, 3.8) is 0 Å². The van der Waals surface area contributed by atoms with Crippen LogP contribution < -0.4 is 9.47 Å². The lowest BCUT2D eigenvalue weighted by Crippen LogP contribution is -1.98. The molecule has 0 amide bonds. The van der Waals surface area contributed by atoms with Crippen LogP contribution in [-0.4, -0.2) is 22.0 Å². The van der Waals surface area contributed by atoms with E-state index >= 15 is 0 Å². The van der Waals surface area contributed by atoms with Gasteiger partial charge in [0, 0.05) is 0 Å². The molecule has 0 aliphatic rings. The Labute approximate surface area is 120 Å². The fraction of sp³-hybridized carbons (Fsp3) is 0.0909. The number of nitro groups is 1. The minimum Gasteiger partial charge on any atom is -0.480 e. The SMILES string of the molecule is COc1nc(Oc2ccc(F)cc2[N+](=O)[O-])ncc1Br. The Kier molecular flexibility index (Phi) is 4.08. The van der Waals surface area contributed by atoms with Gasteiger partial charge in [-0.05, 0) is 28.1 Å². The van der Waals surface area contributed by atoms with Crippen molar-refractivity contribution in [1.29, 1.82) is 0 Å². The first-order chi connectivity index (χ1) is 9.51. The van der Waals surface area contributed by atoms with Gasteiger partial charge in [-0.2, -0.15) is 4.98 Å². The van der Waals surface area contributed by atoms with Crippen molar-refractivity contribution in [2.24, 2.45) is 0 Å². The second-order valence-electron chi connectivity index (χ2n) is 3.48. The number of nitro benzene ring substituents is 1. The lowest BCUT2D eigenvalue weighted by atomic mass is 10.3. The molecule has 0 aliphatic heterocycles. The molecule has 104 valence electrons. The van der Waals surface area contributed by atoms with Gasteiger partial charge in [-0.25, -0.2) is 9.37 Å². The van der Waals surface area contributed by atoms with Crippen LogP contribution in [0.4, 0.5) is 10.1 Å². The van der Waals surface area contributed by atoms with E-state index in [0.717, 1.165) is 18.2 Å². The summed E-state index contributed by atoms with van der Waals surface area (Å²) in [5.41, 5.74) is -0.518. The van der Waals surface area contributed by atoms with Crippen LogP contribution in [0.15, 0.2) is 28.9 Å². The van der Waals surface area contributed by atoms with E-state index in [4.69, 9.17) is 9.47 Å². The highest BCUT2D eigenvalue weighted by Crippen LogP contribution is 2.32. The predicted molar refractivity (Wildman–Crippen MR) is 69.4 cm³/mol. The highest BCUT2D eigenvalue weighted by Gasteiger charge is 2.18. The Bertz CT molecular complexity index is 668. The fourth-order valence-electron chi connectivity index (χ4n) is 1.35. The number of halogens is 2. The zero-order valence-corrected chi connectivity index (χ0v) is 11.6. The molecule has 0 atom stereocenters. The van der Waals surface area contributed by atoms with E-state index in [1.165, 1.54) is 13.3 Å². The Morgan fingerprint density at radius 2 is 2.20 bits per heavy atom. The number of aromatic nitrogens is 2. The van der Waals surface area contributed by atoms with Crippen molar-refractivity contribution in [2.45, 2.75) is 0 Å². The van der Waals surface area contributed by atoms with Gasteiger partial charge >= 0.3 is 11.7 Å². The van der Waals surface area contributed by atoms with Crippen LogP contribution >= 0.6 is 15.9 Å². The van der Waals surface area contributed by atoms with Crippen LogP contribution in [0, 0.1) is 15.9 Å². The molecule has 0 saturated carbocycles. The van der Waals surface area contributed by atoms with Crippen molar-refractivity contribution in [3.05, 3.63) is 44.8 Å². The van der Waals surface area contributed by atoms with E-state index in [-0.39, 0.29) is 17.6 Å². The van der Waals surface area contributed by atoms with Gasteiger partial charge in [-0.3, -0.25) is 10.1 Å². The molecule has 1 aromatic carbocycles. The summed E-state index contributed by atoms with van der Waals surface area (Å²) in [6, 6.07) is 2.77. The molecule has 1 aromatic heterocycles. The summed E-state index contributed by atoms with van der Waals surface area (Å²) in [7, 11) is 1.40. The Hall–Kier alpha value is -2.29. The Morgan fingerprint density at radius 3 is 2.85 bits per heavy atom. The maximum atomic E-state index is 13.0. The second-order valence-corrected chi connectivity index (χ2v) is 4.34. The topological polar surface area (TPSA) is 87.4 Å². The zero-order valence-electron chi connectivity index (χ0n) is 10.0. The Balaban J connectivity index is 2.37. The van der Waals surface area contributed by atoms with Gasteiger partial charge in [0.25, 0.3) is 0 Å². The van der Waals surface area contributed by atoms with Crippen molar-refractivity contribution in [3.8, 4) is 17.6 Å². The predicted octanol–water partition coefficient (Wildman–Crippen LogP) is 3.09. The van der Waals surface area contributed by atoms with Crippen LogP contribution in [0.1, 0.15) is 0 Å². The minimum absolute atomic E-state index is 0.153. The molecule has 0 spiro atoms. The van der Waals surface area contributed by atoms with Crippen LogP contribution in [0.2, 0.25) is 0 Å². The van der Waals surface area contributed by atoms with Crippen molar-refractivity contribution >= 4 is 21.6 Å². The summed E-state index contributed by atoms with van der Waals surface area (Å²) < 4.78 is 23.6. The van der Waals surface area contributed by atoms with Gasteiger partial charge in [-0.1, -0.05) is 0 Å². The van der Waals surface area contributed by atoms with E-state index in [2.05, 4.69) is 25.9 Å². The van der Waals surface area contributed by atoms with Gasteiger partial charge < -0.3 is 9.47 Å². The second kappa shape index (κ2) is 5.78. The largest absolute Gasteiger partial charge is 0.480 e. The molecule has 2 rings (SSSR count). The number of hydrogen-bond acceptors (Lipinski definition) is 6. The number of methoxy groups -OCH3 is 1. The van der Waals surface area contributed by atoms with Gasteiger partial charge in [0.05, 0.1) is 28.8 Å². The third kappa shape index (κ3) is 2.99.